The quantitative estimate of drug-likeness (QED) is 0.585. The smallest absolute Gasteiger partial charge is 0.263 e. The Kier molecular flexibility index (Phi) is 4.08. The fourth-order valence-electron chi connectivity index (χ4n) is 2.70. The number of sulfonamides is 1. The molecule has 3 heterocycles. The molecule has 27 heavy (non-hydrogen) atoms. The zero-order valence-electron chi connectivity index (χ0n) is 14.2. The van der Waals surface area contributed by atoms with Crippen molar-refractivity contribution in [2.45, 2.75) is 11.8 Å². The molecule has 1 aromatic carbocycles. The Bertz CT molecular complexity index is 1240. The zero-order chi connectivity index (χ0) is 19.0. The van der Waals surface area contributed by atoms with Crippen LogP contribution in [0.4, 0.5) is 10.2 Å². The van der Waals surface area contributed by atoms with Crippen LogP contribution in [0.2, 0.25) is 0 Å². The lowest BCUT2D eigenvalue weighted by molar-refractivity contribution is 0.595. The van der Waals surface area contributed by atoms with Gasteiger partial charge in [0, 0.05) is 35.8 Å². The lowest BCUT2D eigenvalue weighted by Crippen LogP contribution is -2.16. The minimum atomic E-state index is -4.01. The van der Waals surface area contributed by atoms with Gasteiger partial charge in [0.1, 0.15) is 11.6 Å². The van der Waals surface area contributed by atoms with Gasteiger partial charge in [-0.3, -0.25) is 9.71 Å². The number of aryl methyl sites for hydroxylation is 1. The standard InChI is InChI=1S/C18H14FN5O2S/c1-12-9-18-21-8-6-17(24(18)22-12)23-27(25,26)14-4-5-15(16(19)10-14)13-3-2-7-20-11-13/h2-11,23H,1H3. The zero-order valence-corrected chi connectivity index (χ0v) is 15.0. The fraction of sp³-hybridized carbons (Fsp3) is 0.0556. The molecule has 7 nitrogen and oxygen atoms in total. The van der Waals surface area contributed by atoms with E-state index in [0.717, 1.165) is 6.07 Å². The minimum Gasteiger partial charge on any atom is -0.264 e. The number of hydrogen-bond acceptors (Lipinski definition) is 5. The number of rotatable bonds is 4. The summed E-state index contributed by atoms with van der Waals surface area (Å²) >= 11 is 0. The second-order valence-corrected chi connectivity index (χ2v) is 7.56. The van der Waals surface area contributed by atoms with E-state index in [-0.39, 0.29) is 16.3 Å². The molecule has 4 aromatic rings. The number of hydrogen-bond donors (Lipinski definition) is 1. The summed E-state index contributed by atoms with van der Waals surface area (Å²) in [6, 6.07) is 10.3. The average Bonchev–Trinajstić information content (AvgIpc) is 3.03. The third-order valence-corrected chi connectivity index (χ3v) is 5.29. The summed E-state index contributed by atoms with van der Waals surface area (Å²) in [7, 11) is -4.01. The molecule has 0 saturated carbocycles. The molecule has 0 bridgehead atoms. The van der Waals surface area contributed by atoms with E-state index in [2.05, 4.69) is 19.8 Å². The highest BCUT2D eigenvalue weighted by atomic mass is 32.2. The maximum absolute atomic E-state index is 14.5. The minimum absolute atomic E-state index is 0.193. The second-order valence-electron chi connectivity index (χ2n) is 5.87. The highest BCUT2D eigenvalue weighted by molar-refractivity contribution is 7.92. The summed E-state index contributed by atoms with van der Waals surface area (Å²) in [4.78, 5) is 7.88. The predicted octanol–water partition coefficient (Wildman–Crippen LogP) is 3.04. The van der Waals surface area contributed by atoms with Gasteiger partial charge in [-0.1, -0.05) is 12.1 Å². The first kappa shape index (κ1) is 17.1. The van der Waals surface area contributed by atoms with Gasteiger partial charge < -0.3 is 0 Å². The van der Waals surface area contributed by atoms with Gasteiger partial charge in [0.15, 0.2) is 5.65 Å². The molecule has 0 unspecified atom stereocenters. The molecule has 0 spiro atoms. The fourth-order valence-corrected chi connectivity index (χ4v) is 3.76. The molecule has 0 aliphatic heterocycles. The summed E-state index contributed by atoms with van der Waals surface area (Å²) in [5.74, 6) is -0.439. The Morgan fingerprint density at radius 3 is 2.70 bits per heavy atom. The van der Waals surface area contributed by atoms with E-state index in [1.807, 2.05) is 0 Å². The van der Waals surface area contributed by atoms with Crippen LogP contribution in [0.1, 0.15) is 5.69 Å². The van der Waals surface area contributed by atoms with E-state index in [1.54, 1.807) is 31.3 Å². The van der Waals surface area contributed by atoms with Gasteiger partial charge in [-0.15, -0.1) is 0 Å². The number of nitrogens with one attached hydrogen (secondary N) is 1. The number of aromatic nitrogens is 4. The lowest BCUT2D eigenvalue weighted by atomic mass is 10.1. The van der Waals surface area contributed by atoms with E-state index >= 15 is 0 Å². The Morgan fingerprint density at radius 2 is 1.96 bits per heavy atom. The van der Waals surface area contributed by atoms with Crippen LogP contribution in [0, 0.1) is 12.7 Å². The molecule has 4 rings (SSSR count). The van der Waals surface area contributed by atoms with E-state index in [1.165, 1.54) is 35.1 Å². The molecule has 1 N–H and O–H groups in total. The second kappa shape index (κ2) is 6.44. The third kappa shape index (κ3) is 3.24. The molecular formula is C18H14FN5O2S. The highest BCUT2D eigenvalue weighted by Gasteiger charge is 2.19. The van der Waals surface area contributed by atoms with Crippen molar-refractivity contribution in [3.05, 3.63) is 72.6 Å². The predicted molar refractivity (Wildman–Crippen MR) is 98.2 cm³/mol. The van der Waals surface area contributed by atoms with Crippen LogP contribution in [0.5, 0.6) is 0 Å². The van der Waals surface area contributed by atoms with E-state index in [9.17, 15) is 12.8 Å². The van der Waals surface area contributed by atoms with Gasteiger partial charge in [-0.05, 0) is 31.2 Å². The molecular weight excluding hydrogens is 369 g/mol. The summed E-state index contributed by atoms with van der Waals surface area (Å²) in [5, 5.41) is 4.21. The van der Waals surface area contributed by atoms with Gasteiger partial charge in [-0.25, -0.2) is 17.8 Å². The van der Waals surface area contributed by atoms with Crippen molar-refractivity contribution in [3.8, 4) is 11.1 Å². The summed E-state index contributed by atoms with van der Waals surface area (Å²) in [6.07, 6.45) is 4.57. The van der Waals surface area contributed by atoms with Crippen molar-refractivity contribution in [1.29, 1.82) is 0 Å². The molecule has 0 aliphatic rings. The first-order chi connectivity index (χ1) is 12.9. The van der Waals surface area contributed by atoms with Crippen molar-refractivity contribution in [2.24, 2.45) is 0 Å². The maximum Gasteiger partial charge on any atom is 0.263 e. The molecule has 0 amide bonds. The summed E-state index contributed by atoms with van der Waals surface area (Å²) in [5.41, 5.74) is 2.04. The van der Waals surface area contributed by atoms with Crippen molar-refractivity contribution in [3.63, 3.8) is 0 Å². The highest BCUT2D eigenvalue weighted by Crippen LogP contribution is 2.25. The van der Waals surface area contributed by atoms with Gasteiger partial charge in [0.2, 0.25) is 0 Å². The Morgan fingerprint density at radius 1 is 1.11 bits per heavy atom. The van der Waals surface area contributed by atoms with Gasteiger partial charge in [-0.2, -0.15) is 9.61 Å². The first-order valence-corrected chi connectivity index (χ1v) is 9.46. The normalized spacial score (nSPS) is 11.6. The van der Waals surface area contributed by atoms with Crippen LogP contribution in [0.15, 0.2) is 66.0 Å². The van der Waals surface area contributed by atoms with Crippen LogP contribution in [-0.2, 0) is 10.0 Å². The van der Waals surface area contributed by atoms with Crippen molar-refractivity contribution < 1.29 is 12.8 Å². The van der Waals surface area contributed by atoms with Crippen LogP contribution in [0.3, 0.4) is 0 Å². The molecule has 136 valence electrons. The number of benzene rings is 1. The number of nitrogens with zero attached hydrogens (tertiary/aromatic N) is 4. The van der Waals surface area contributed by atoms with Gasteiger partial charge in [0.05, 0.1) is 10.6 Å². The van der Waals surface area contributed by atoms with Crippen LogP contribution >= 0.6 is 0 Å². The molecule has 3 aromatic heterocycles. The monoisotopic (exact) mass is 383 g/mol. The van der Waals surface area contributed by atoms with Crippen molar-refractivity contribution in [2.75, 3.05) is 4.72 Å². The van der Waals surface area contributed by atoms with E-state index in [4.69, 9.17) is 0 Å². The topological polar surface area (TPSA) is 89.2 Å². The number of halogens is 1. The summed E-state index contributed by atoms with van der Waals surface area (Å²) in [6.45, 7) is 1.78. The van der Waals surface area contributed by atoms with Crippen molar-refractivity contribution >= 4 is 21.5 Å². The van der Waals surface area contributed by atoms with Gasteiger partial charge in [0.25, 0.3) is 10.0 Å². The summed E-state index contributed by atoms with van der Waals surface area (Å²) < 4.78 is 43.7. The van der Waals surface area contributed by atoms with Crippen LogP contribution in [-0.4, -0.2) is 28.0 Å². The largest absolute Gasteiger partial charge is 0.264 e. The van der Waals surface area contributed by atoms with E-state index < -0.39 is 15.8 Å². The third-order valence-electron chi connectivity index (χ3n) is 3.94. The SMILES string of the molecule is Cc1cc2nccc(NS(=O)(=O)c3ccc(-c4cccnc4)c(F)c3)n2n1. The number of anilines is 1. The Labute approximate surface area is 154 Å². The first-order valence-electron chi connectivity index (χ1n) is 7.98. The molecule has 0 radical (unpaired) electrons. The lowest BCUT2D eigenvalue weighted by Gasteiger charge is -2.10. The molecule has 0 saturated heterocycles. The Hall–Kier alpha value is -3.33. The van der Waals surface area contributed by atoms with Crippen molar-refractivity contribution in [1.82, 2.24) is 19.6 Å². The van der Waals surface area contributed by atoms with E-state index in [0.29, 0.717) is 16.9 Å². The molecule has 0 atom stereocenters. The van der Waals surface area contributed by atoms with Crippen LogP contribution in [0.25, 0.3) is 16.8 Å². The number of pyridine rings is 1. The average molecular weight is 383 g/mol. The number of fused-ring (bicyclic) bond motifs is 1. The molecule has 0 aliphatic carbocycles. The Balaban J connectivity index is 1.71. The molecule has 9 heteroatoms. The molecule has 0 fully saturated rings. The van der Waals surface area contributed by atoms with Crippen LogP contribution < -0.4 is 4.72 Å². The van der Waals surface area contributed by atoms with Gasteiger partial charge >= 0.3 is 0 Å². The maximum atomic E-state index is 14.5.